The third kappa shape index (κ3) is 24.7. The predicted octanol–water partition coefficient (Wildman–Crippen LogP) is -0.110. The van der Waals surface area contributed by atoms with Crippen LogP contribution in [0.1, 0.15) is 19.8 Å². The summed E-state index contributed by atoms with van der Waals surface area (Å²) in [5, 5.41) is 16.8. The van der Waals surface area contributed by atoms with Gasteiger partial charge in [-0.3, -0.25) is 0 Å². The van der Waals surface area contributed by atoms with Crippen molar-refractivity contribution in [3.63, 3.8) is 0 Å². The first-order valence-corrected chi connectivity index (χ1v) is 4.05. The van der Waals surface area contributed by atoms with E-state index in [2.05, 4.69) is 16.3 Å². The van der Waals surface area contributed by atoms with Crippen LogP contribution in [-0.4, -0.2) is 29.7 Å². The molecule has 0 amide bonds. The highest BCUT2D eigenvalue weighted by molar-refractivity contribution is 6.59. The van der Waals surface area contributed by atoms with Gasteiger partial charge in [0, 0.05) is 0 Å². The molecule has 0 aromatic carbocycles. The molecule has 1 N–H and O–H groups in total. The summed E-state index contributed by atoms with van der Waals surface area (Å²) in [6.45, 7) is 1.92. The molecule has 0 aromatic heterocycles. The number of carbonyl (C=O) groups is 2. The second kappa shape index (κ2) is 11.2. The van der Waals surface area contributed by atoms with Crippen LogP contribution >= 0.6 is 11.6 Å². The lowest BCUT2D eigenvalue weighted by Gasteiger charge is -1.98. The van der Waals surface area contributed by atoms with Gasteiger partial charge in [-0.15, -0.1) is 0 Å². The van der Waals surface area contributed by atoms with Crippen molar-refractivity contribution in [1.29, 1.82) is 0 Å². The lowest BCUT2D eigenvalue weighted by Crippen LogP contribution is -2.11. The molecule has 0 bridgehead atoms. The molecule has 0 saturated carbocycles. The van der Waals surface area contributed by atoms with Crippen LogP contribution in [0.25, 0.3) is 0 Å². The lowest BCUT2D eigenvalue weighted by atomic mass is 10.4. The van der Waals surface area contributed by atoms with E-state index < -0.39 is 18.0 Å². The van der Waals surface area contributed by atoms with Crippen LogP contribution in [-0.2, 0) is 9.53 Å². The third-order valence-corrected chi connectivity index (χ3v) is 0.890. The summed E-state index contributed by atoms with van der Waals surface area (Å²) in [5.74, 6) is -0.538. The molecule has 6 heteroatoms. The molecular formula is C7H12ClO5-. The quantitative estimate of drug-likeness (QED) is 0.398. The van der Waals surface area contributed by atoms with Crippen LogP contribution in [0.3, 0.4) is 0 Å². The molecule has 0 unspecified atom stereocenters. The molecule has 0 radical (unpaired) electrons. The number of rotatable bonds is 4. The zero-order valence-electron chi connectivity index (χ0n) is 7.29. The van der Waals surface area contributed by atoms with Crippen LogP contribution in [0.5, 0.6) is 0 Å². The molecule has 0 aromatic rings. The number of unbranched alkanes of at least 4 members (excludes halogenated alkanes) is 1. The first-order valence-electron chi connectivity index (χ1n) is 3.67. The number of aliphatic hydroxyl groups is 1. The van der Waals surface area contributed by atoms with Gasteiger partial charge in [-0.2, -0.15) is 0 Å². The molecule has 0 aliphatic rings. The Morgan fingerprint density at radius 3 is 2.31 bits per heavy atom. The number of aliphatic hydroxyl groups excluding tert-OH is 1. The average molecular weight is 212 g/mol. The number of carboxylic acid groups (broad SMARTS) is 1. The Kier molecular flexibility index (Phi) is 12.7. The van der Waals surface area contributed by atoms with Gasteiger partial charge >= 0.3 is 5.97 Å². The minimum Gasteiger partial charge on any atom is -0.534 e. The van der Waals surface area contributed by atoms with Crippen LogP contribution in [0, 0.1) is 0 Å². The summed E-state index contributed by atoms with van der Waals surface area (Å²) >= 11 is 4.08. The maximum Gasteiger partial charge on any atom is 0.331 e. The molecule has 0 aliphatic carbocycles. The summed E-state index contributed by atoms with van der Waals surface area (Å²) in [5.41, 5.74) is -1.61. The molecule has 78 valence electrons. The van der Waals surface area contributed by atoms with Crippen LogP contribution < -0.4 is 5.11 Å². The molecular weight excluding hydrogens is 200 g/mol. The molecule has 0 spiro atoms. The summed E-state index contributed by atoms with van der Waals surface area (Å²) in [4.78, 5) is 18.9. The Bertz CT molecular complexity index is 144. The van der Waals surface area contributed by atoms with Gasteiger partial charge in [-0.25, -0.2) is 4.79 Å². The minimum absolute atomic E-state index is 0.426. The van der Waals surface area contributed by atoms with Gasteiger partial charge < -0.3 is 19.7 Å². The highest BCUT2D eigenvalue weighted by Gasteiger charge is 1.95. The molecule has 5 nitrogen and oxygen atoms in total. The molecule has 13 heavy (non-hydrogen) atoms. The van der Waals surface area contributed by atoms with Crippen molar-refractivity contribution in [2.24, 2.45) is 0 Å². The van der Waals surface area contributed by atoms with E-state index in [0.717, 1.165) is 12.8 Å². The first-order chi connectivity index (χ1) is 6.04. The summed E-state index contributed by atoms with van der Waals surface area (Å²) in [6, 6.07) is 0. The summed E-state index contributed by atoms with van der Waals surface area (Å²) in [7, 11) is 0. The highest BCUT2D eigenvalue weighted by Crippen LogP contribution is 1.87. The zero-order chi connectivity index (χ0) is 10.7. The molecule has 0 saturated heterocycles. The van der Waals surface area contributed by atoms with Gasteiger partial charge in [0.2, 0.25) is 0 Å². The SMILES string of the molecule is CCCCOC(=O)CO.O=C([O-])Cl. The van der Waals surface area contributed by atoms with Crippen molar-refractivity contribution >= 4 is 23.0 Å². The van der Waals surface area contributed by atoms with Gasteiger partial charge in [0.15, 0.2) is 0 Å². The number of esters is 1. The summed E-state index contributed by atoms with van der Waals surface area (Å²) in [6.07, 6.45) is 1.87. The Labute approximate surface area is 81.3 Å². The van der Waals surface area contributed by atoms with Crippen molar-refractivity contribution in [2.45, 2.75) is 19.8 Å². The van der Waals surface area contributed by atoms with E-state index in [9.17, 15) is 4.79 Å². The normalized spacial score (nSPS) is 8.23. The van der Waals surface area contributed by atoms with Gasteiger partial charge in [0.25, 0.3) is 0 Å². The van der Waals surface area contributed by atoms with E-state index in [1.165, 1.54) is 0 Å². The zero-order valence-corrected chi connectivity index (χ0v) is 8.04. The fourth-order valence-electron chi connectivity index (χ4n) is 0.376. The minimum atomic E-state index is -1.61. The van der Waals surface area contributed by atoms with Crippen molar-refractivity contribution in [1.82, 2.24) is 0 Å². The highest BCUT2D eigenvalue weighted by atomic mass is 35.5. The maximum absolute atomic E-state index is 10.2. The van der Waals surface area contributed by atoms with Crippen LogP contribution in [0.2, 0.25) is 0 Å². The van der Waals surface area contributed by atoms with Crippen LogP contribution in [0.4, 0.5) is 4.79 Å². The number of carbonyl (C=O) groups excluding carboxylic acids is 2. The van der Waals surface area contributed by atoms with Gasteiger partial charge in [-0.05, 0) is 6.42 Å². The fourth-order valence-corrected chi connectivity index (χ4v) is 0.376. The standard InChI is InChI=1S/C6H12O3.CHClO2/c1-2-3-4-9-6(8)5-7;2-1(3)4/h7H,2-5H2,1H3;(H,3,4)/p-1. The van der Waals surface area contributed by atoms with E-state index in [-0.39, 0.29) is 0 Å². The van der Waals surface area contributed by atoms with Crippen molar-refractivity contribution < 1.29 is 24.5 Å². The number of halogens is 1. The summed E-state index contributed by atoms with van der Waals surface area (Å²) < 4.78 is 4.54. The van der Waals surface area contributed by atoms with Gasteiger partial charge in [0.05, 0.1) is 6.61 Å². The van der Waals surface area contributed by atoms with E-state index in [0.29, 0.717) is 6.61 Å². The molecule has 0 atom stereocenters. The Morgan fingerprint density at radius 2 is 2.00 bits per heavy atom. The maximum atomic E-state index is 10.2. The largest absolute Gasteiger partial charge is 0.534 e. The second-order valence-electron chi connectivity index (χ2n) is 1.97. The van der Waals surface area contributed by atoms with Crippen molar-refractivity contribution in [3.05, 3.63) is 0 Å². The van der Waals surface area contributed by atoms with E-state index in [1.54, 1.807) is 0 Å². The fraction of sp³-hybridized carbons (Fsp3) is 0.714. The van der Waals surface area contributed by atoms with Crippen LogP contribution in [0.15, 0.2) is 0 Å². The number of hydrogen-bond acceptors (Lipinski definition) is 5. The monoisotopic (exact) mass is 211 g/mol. The number of ether oxygens (including phenoxy) is 1. The third-order valence-electron chi connectivity index (χ3n) is 0.890. The molecule has 0 fully saturated rings. The Morgan fingerprint density at radius 1 is 1.54 bits per heavy atom. The second-order valence-corrected chi connectivity index (χ2v) is 2.28. The van der Waals surface area contributed by atoms with E-state index >= 15 is 0 Å². The van der Waals surface area contributed by atoms with Crippen molar-refractivity contribution in [3.8, 4) is 0 Å². The Balaban J connectivity index is 0. The average Bonchev–Trinajstić information content (AvgIpc) is 2.03. The van der Waals surface area contributed by atoms with Gasteiger partial charge in [-0.1, -0.05) is 24.9 Å². The number of hydrogen-bond donors (Lipinski definition) is 1. The lowest BCUT2D eigenvalue weighted by molar-refractivity contribution is -0.233. The molecule has 0 heterocycles. The topological polar surface area (TPSA) is 86.7 Å². The molecule has 0 rings (SSSR count). The Hall–Kier alpha value is -0.810. The van der Waals surface area contributed by atoms with Gasteiger partial charge in [0.1, 0.15) is 12.0 Å². The molecule has 0 aliphatic heterocycles. The first kappa shape index (κ1) is 14.7. The smallest absolute Gasteiger partial charge is 0.331 e. The predicted molar refractivity (Wildman–Crippen MR) is 44.2 cm³/mol. The van der Waals surface area contributed by atoms with Crippen molar-refractivity contribution in [2.75, 3.05) is 13.2 Å². The van der Waals surface area contributed by atoms with E-state index in [4.69, 9.17) is 15.0 Å². The van der Waals surface area contributed by atoms with E-state index in [1.807, 2.05) is 6.92 Å².